The topological polar surface area (TPSA) is 294 Å². The number of nitrogens with zero attached hydrogens (tertiary/aromatic N) is 9. The highest BCUT2D eigenvalue weighted by atomic mass is 16.2. The quantitative estimate of drug-likeness (QED) is 0.142. The molecule has 0 aromatic heterocycles. The van der Waals surface area contributed by atoms with E-state index in [4.69, 9.17) is 0 Å². The number of rotatable bonds is 17. The van der Waals surface area contributed by atoms with Crippen LogP contribution in [0.25, 0.3) is 0 Å². The Hall–Kier alpha value is -8.58. The molecule has 2 heterocycles. The Morgan fingerprint density at radius 2 is 1.09 bits per heavy atom. The summed E-state index contributed by atoms with van der Waals surface area (Å²) in [4.78, 5) is 186. The molecule has 92 heavy (non-hydrogen) atoms. The number of hydrogen-bond acceptors (Lipinski definition) is 12. The molecule has 0 radical (unpaired) electrons. The maximum atomic E-state index is 15.7. The molecule has 0 saturated carbocycles. The van der Waals surface area contributed by atoms with Crippen molar-refractivity contribution in [2.24, 2.45) is 11.8 Å². The number of urea groups is 3. The second-order valence-electron chi connectivity index (χ2n) is 25.2. The lowest BCUT2D eigenvalue weighted by molar-refractivity contribution is -0.151. The molecule has 2 fully saturated rings. The van der Waals surface area contributed by atoms with Gasteiger partial charge in [-0.25, -0.2) is 19.3 Å². The van der Waals surface area contributed by atoms with Crippen LogP contribution in [0.5, 0.6) is 0 Å². The molecule has 0 unspecified atom stereocenters. The van der Waals surface area contributed by atoms with Crippen molar-refractivity contribution < 1.29 is 57.5 Å². The average Bonchev–Trinajstić information content (AvgIpc) is 0.964. The van der Waals surface area contributed by atoms with Crippen LogP contribution in [0, 0.1) is 11.8 Å². The summed E-state index contributed by atoms with van der Waals surface area (Å²) >= 11 is 0. The molecule has 0 spiro atoms. The zero-order chi connectivity index (χ0) is 69.2. The highest BCUT2D eigenvalue weighted by Crippen LogP contribution is 2.23. The van der Waals surface area contributed by atoms with Crippen molar-refractivity contribution in [3.05, 3.63) is 84.1 Å². The number of nitrogens with one attached hydrogen (secondary N) is 5. The van der Waals surface area contributed by atoms with Crippen molar-refractivity contribution in [2.75, 3.05) is 69.5 Å². The van der Waals surface area contributed by atoms with Gasteiger partial charge in [-0.3, -0.25) is 48.1 Å². The minimum atomic E-state index is -2.23. The number of likely N-dealkylation sites (tertiary alicyclic amines) is 1. The molecule has 2 saturated heterocycles. The number of carbonyl (C=O) groups excluding carboxylic acids is 12. The van der Waals surface area contributed by atoms with Crippen LogP contribution in [-0.2, 0) is 56.0 Å². The molecule has 2 aromatic rings. The molecule has 26 heteroatoms. The van der Waals surface area contributed by atoms with Crippen molar-refractivity contribution in [2.45, 2.75) is 181 Å². The highest BCUT2D eigenvalue weighted by Gasteiger charge is 2.44. The van der Waals surface area contributed by atoms with Gasteiger partial charge in [0, 0.05) is 88.0 Å². The Labute approximate surface area is 543 Å². The number of imide groups is 1. The van der Waals surface area contributed by atoms with Gasteiger partial charge in [0.2, 0.25) is 41.4 Å². The number of amides is 15. The lowest BCUT2D eigenvalue weighted by atomic mass is 9.97. The molecular formula is C66H102N14O12. The summed E-state index contributed by atoms with van der Waals surface area (Å²) in [6, 6.07) is 2.86. The molecule has 10 atom stereocenters. The Balaban J connectivity index is 1.91. The van der Waals surface area contributed by atoms with Crippen molar-refractivity contribution in [3.8, 4) is 0 Å². The predicted octanol–water partition coefficient (Wildman–Crippen LogP) is 3.60. The predicted molar refractivity (Wildman–Crippen MR) is 348 cm³/mol. The van der Waals surface area contributed by atoms with E-state index in [1.165, 1.54) is 73.1 Å². The van der Waals surface area contributed by atoms with Gasteiger partial charge in [0.05, 0.1) is 6.04 Å². The zero-order valence-electron chi connectivity index (χ0n) is 57.1. The van der Waals surface area contributed by atoms with Crippen molar-refractivity contribution in [3.63, 3.8) is 0 Å². The van der Waals surface area contributed by atoms with Gasteiger partial charge in [-0.05, 0) is 88.7 Å². The fourth-order valence-corrected chi connectivity index (χ4v) is 11.2. The number of likely N-dealkylation sites (N-methyl/N-ethyl adjacent to an activating group) is 6. The number of carbonyl (C=O) groups is 12. The summed E-state index contributed by atoms with van der Waals surface area (Å²) in [7, 11) is 10.8. The molecule has 0 bridgehead atoms. The molecule has 508 valence electrons. The summed E-state index contributed by atoms with van der Waals surface area (Å²) < 4.78 is 0. The minimum Gasteiger partial charge on any atom is -0.346 e. The highest BCUT2D eigenvalue weighted by molar-refractivity contribution is 6.09. The Bertz CT molecular complexity index is 2940. The van der Waals surface area contributed by atoms with Crippen LogP contribution < -0.4 is 26.6 Å². The minimum absolute atomic E-state index is 0.0128. The Morgan fingerprint density at radius 3 is 1.61 bits per heavy atom. The molecule has 5 N–H and O–H groups in total. The first kappa shape index (κ1) is 75.9. The van der Waals surface area contributed by atoms with E-state index in [0.29, 0.717) is 24.2 Å². The lowest BCUT2D eigenvalue weighted by Crippen LogP contribution is -2.64. The molecular weight excluding hydrogens is 1180 g/mol. The number of piperidine rings is 1. The van der Waals surface area contributed by atoms with E-state index in [2.05, 4.69) is 33.2 Å². The van der Waals surface area contributed by atoms with Crippen molar-refractivity contribution in [1.82, 2.24) is 70.7 Å². The smallest absolute Gasteiger partial charge is 0.329 e. The standard InChI is InChI=1S/C66H102N14O12/c1-19-48-44(9)72(11)64(90)70-49(20-2)60(86)73(12)45(10)74(13)65(91)79(18)66(92)78(17)52(37-41(5)6)61(87)75(14)50(36-40(3)4)57(83)71-54(58(84)67-42(7)55(81)69-48)63(89)77(16)53(39-47-32-26-22-27-33-47)62(88)76(15)51(38-46-30-24-21-25-31-46)56(82)68-43(8)59(85)80-34-28-23-29-35-80/h21-22,24-27,30-33,40-43,45,48-54H,9,19-20,23,28-29,34-39H2,1-8,10-18H3,(H,67,84)(H,68,82)(H,69,81)(H,70,90)(H,71,83)/t42-,43+,45-,48-,49+,50+,51+,52+,53+,54+/m1/s1. The molecule has 2 aromatic carbocycles. The normalized spacial score (nSPS) is 23.0. The SMILES string of the molecule is C=C1[C@@H](CC)NC(=O)[C@@H](C)NC(=O)[C@@H](C(=O)N(C)[C@@H](Cc2ccccc2)C(=O)N(C)[C@@H](Cc2ccccc2)C(=O)N[C@@H](C)C(=O)N2CCCCC2)NC(=O)[C@H](CC(C)C)N(C)C(=O)[C@H](CC(C)C)N(C)C(=O)N(C)C(=O)N(C)[C@H](C)N(C)C(=O)[C@H](CC)NC(=O)N1C. The molecule has 26 nitrogen and oxygen atoms in total. The van der Waals surface area contributed by atoms with Gasteiger partial charge < -0.3 is 60.9 Å². The van der Waals surface area contributed by atoms with Crippen LogP contribution in [0.3, 0.4) is 0 Å². The third-order valence-corrected chi connectivity index (χ3v) is 17.5. The fraction of sp³-hybridized carbons (Fsp3) is 0.606. The monoisotopic (exact) mass is 1280 g/mol. The largest absolute Gasteiger partial charge is 0.346 e. The van der Waals surface area contributed by atoms with Gasteiger partial charge in [0.25, 0.3) is 11.8 Å². The summed E-state index contributed by atoms with van der Waals surface area (Å²) in [6.45, 7) is 20.2. The molecule has 4 rings (SSSR count). The molecule has 2 aliphatic heterocycles. The summed E-state index contributed by atoms with van der Waals surface area (Å²) in [5, 5.41) is 13.5. The van der Waals surface area contributed by atoms with Gasteiger partial charge in [-0.15, -0.1) is 0 Å². The number of benzene rings is 2. The zero-order valence-corrected chi connectivity index (χ0v) is 57.1. The van der Waals surface area contributed by atoms with Crippen LogP contribution >= 0.6 is 0 Å². The summed E-state index contributed by atoms with van der Waals surface area (Å²) in [6.07, 6.45) is 1.74. The van der Waals surface area contributed by atoms with Crippen molar-refractivity contribution in [1.29, 1.82) is 0 Å². The molecule has 0 aliphatic carbocycles. The van der Waals surface area contributed by atoms with E-state index in [1.54, 1.807) is 107 Å². The van der Waals surface area contributed by atoms with Crippen LogP contribution in [0.2, 0.25) is 0 Å². The van der Waals surface area contributed by atoms with Gasteiger partial charge in [-0.2, -0.15) is 0 Å². The van der Waals surface area contributed by atoms with Crippen LogP contribution in [-0.4, -0.2) is 245 Å². The van der Waals surface area contributed by atoms with E-state index < -0.39 is 126 Å². The third kappa shape index (κ3) is 19.7. The maximum absolute atomic E-state index is 15.7. The first-order chi connectivity index (χ1) is 43.2. The third-order valence-electron chi connectivity index (χ3n) is 17.5. The average molecular weight is 1280 g/mol. The van der Waals surface area contributed by atoms with Gasteiger partial charge >= 0.3 is 18.1 Å². The van der Waals surface area contributed by atoms with E-state index in [0.717, 1.165) is 48.7 Å². The van der Waals surface area contributed by atoms with Crippen LogP contribution in [0.15, 0.2) is 72.9 Å². The second kappa shape index (κ2) is 34.7. The lowest BCUT2D eigenvalue weighted by Gasteiger charge is -2.39. The van der Waals surface area contributed by atoms with E-state index in [1.807, 2.05) is 13.8 Å². The van der Waals surface area contributed by atoms with Crippen LogP contribution in [0.4, 0.5) is 14.4 Å². The van der Waals surface area contributed by atoms with Crippen LogP contribution in [0.1, 0.15) is 118 Å². The Kier molecular flexibility index (Phi) is 28.6. The fourth-order valence-electron chi connectivity index (χ4n) is 11.2. The van der Waals surface area contributed by atoms with E-state index >= 15 is 24.0 Å². The maximum Gasteiger partial charge on any atom is 0.329 e. The van der Waals surface area contributed by atoms with Gasteiger partial charge in [0.15, 0.2) is 6.04 Å². The van der Waals surface area contributed by atoms with Gasteiger partial charge in [0.1, 0.15) is 48.5 Å². The second-order valence-corrected chi connectivity index (χ2v) is 25.2. The summed E-state index contributed by atoms with van der Waals surface area (Å²) in [5.74, 6) is -7.70. The van der Waals surface area contributed by atoms with E-state index in [-0.39, 0.29) is 62.0 Å². The first-order valence-corrected chi connectivity index (χ1v) is 31.9. The van der Waals surface area contributed by atoms with Gasteiger partial charge in [-0.1, -0.05) is 109 Å². The number of hydrogen-bond donors (Lipinski definition) is 5. The van der Waals surface area contributed by atoms with E-state index in [9.17, 15) is 33.6 Å². The first-order valence-electron chi connectivity index (χ1n) is 31.9. The Morgan fingerprint density at radius 1 is 0.576 bits per heavy atom. The molecule has 15 amide bonds. The molecule has 2 aliphatic rings. The van der Waals surface area contributed by atoms with Crippen molar-refractivity contribution >= 4 is 71.3 Å². The summed E-state index contributed by atoms with van der Waals surface area (Å²) in [5.41, 5.74) is 1.33.